The average Bonchev–Trinajstić information content (AvgIpc) is 2.30. The van der Waals surface area contributed by atoms with Crippen molar-refractivity contribution in [1.82, 2.24) is 5.32 Å². The Morgan fingerprint density at radius 1 is 0.944 bits per heavy atom. The van der Waals surface area contributed by atoms with E-state index < -0.39 is 5.97 Å². The minimum Gasteiger partial charge on any atom is -0.550 e. The molecule has 0 saturated heterocycles. The fraction of sp³-hybridized carbons (Fsp3) is 0.857. The first kappa shape index (κ1) is 12.0. The van der Waals surface area contributed by atoms with Crippen LogP contribution in [0.1, 0.15) is 44.9 Å². The van der Waals surface area contributed by atoms with Crippen molar-refractivity contribution in [2.45, 2.75) is 51.0 Å². The molecule has 4 fully saturated rings. The Hall–Kier alpha value is -1.06. The quantitative estimate of drug-likeness (QED) is 0.788. The highest BCUT2D eigenvalue weighted by molar-refractivity contribution is 5.80. The molecule has 4 aliphatic rings. The van der Waals surface area contributed by atoms with Gasteiger partial charge in [0.15, 0.2) is 0 Å². The highest BCUT2D eigenvalue weighted by Crippen LogP contribution is 2.53. The van der Waals surface area contributed by atoms with E-state index in [1.807, 2.05) is 0 Å². The summed E-state index contributed by atoms with van der Waals surface area (Å²) in [6, 6.07) is 0.312. The molecule has 4 nitrogen and oxygen atoms in total. The second-order valence-electron chi connectivity index (χ2n) is 6.40. The maximum absolute atomic E-state index is 11.7. The molecule has 4 saturated carbocycles. The lowest BCUT2D eigenvalue weighted by molar-refractivity contribution is -0.305. The van der Waals surface area contributed by atoms with E-state index in [0.717, 1.165) is 11.8 Å². The van der Waals surface area contributed by atoms with E-state index >= 15 is 0 Å². The monoisotopic (exact) mass is 250 g/mol. The van der Waals surface area contributed by atoms with Gasteiger partial charge in [-0.3, -0.25) is 4.79 Å². The summed E-state index contributed by atoms with van der Waals surface area (Å²) in [5.74, 6) is 1.82. The minimum absolute atomic E-state index is 0.0606. The zero-order valence-electron chi connectivity index (χ0n) is 10.6. The van der Waals surface area contributed by atoms with Crippen molar-refractivity contribution >= 4 is 11.9 Å². The minimum atomic E-state index is -1.14. The fourth-order valence-electron chi connectivity index (χ4n) is 4.63. The van der Waals surface area contributed by atoms with Crippen molar-refractivity contribution in [1.29, 1.82) is 0 Å². The number of carbonyl (C=O) groups excluding carboxylic acids is 2. The van der Waals surface area contributed by atoms with Crippen LogP contribution in [0.5, 0.6) is 0 Å². The summed E-state index contributed by atoms with van der Waals surface area (Å²) >= 11 is 0. The molecule has 0 atom stereocenters. The summed E-state index contributed by atoms with van der Waals surface area (Å²) < 4.78 is 0. The van der Waals surface area contributed by atoms with Gasteiger partial charge in [-0.05, 0) is 62.2 Å². The van der Waals surface area contributed by atoms with E-state index in [1.165, 1.54) is 32.1 Å². The molecule has 0 spiro atoms. The predicted octanol–water partition coefficient (Wildman–Crippen LogP) is 0.457. The number of hydrogen-bond donors (Lipinski definition) is 1. The van der Waals surface area contributed by atoms with Crippen molar-refractivity contribution in [3.8, 4) is 0 Å². The van der Waals surface area contributed by atoms with Crippen molar-refractivity contribution < 1.29 is 14.7 Å². The third-order valence-electron chi connectivity index (χ3n) is 5.11. The summed E-state index contributed by atoms with van der Waals surface area (Å²) in [7, 11) is 0. The molecule has 4 heteroatoms. The lowest BCUT2D eigenvalue weighted by atomic mass is 9.54. The number of rotatable bonds is 4. The molecule has 18 heavy (non-hydrogen) atoms. The molecule has 1 N–H and O–H groups in total. The average molecular weight is 250 g/mol. The van der Waals surface area contributed by atoms with E-state index in [4.69, 9.17) is 0 Å². The van der Waals surface area contributed by atoms with Gasteiger partial charge in [-0.1, -0.05) is 0 Å². The van der Waals surface area contributed by atoms with Crippen LogP contribution in [0.25, 0.3) is 0 Å². The molecular formula is C14H20NO3-. The Kier molecular flexibility index (Phi) is 3.04. The predicted molar refractivity (Wildman–Crippen MR) is 63.2 cm³/mol. The molecule has 4 aliphatic carbocycles. The summed E-state index contributed by atoms with van der Waals surface area (Å²) in [5, 5.41) is 13.4. The number of carboxylic acids is 1. The van der Waals surface area contributed by atoms with Gasteiger partial charge in [0.25, 0.3) is 0 Å². The van der Waals surface area contributed by atoms with Crippen LogP contribution in [0, 0.1) is 23.7 Å². The van der Waals surface area contributed by atoms with Gasteiger partial charge < -0.3 is 15.2 Å². The van der Waals surface area contributed by atoms with Gasteiger partial charge in [0.2, 0.25) is 5.91 Å². The molecule has 0 aliphatic heterocycles. The molecule has 0 radical (unpaired) electrons. The van der Waals surface area contributed by atoms with Crippen LogP contribution < -0.4 is 10.4 Å². The second-order valence-corrected chi connectivity index (χ2v) is 6.40. The molecule has 0 aromatic carbocycles. The first-order chi connectivity index (χ1) is 8.61. The zero-order valence-corrected chi connectivity index (χ0v) is 10.6. The van der Waals surface area contributed by atoms with Crippen LogP contribution >= 0.6 is 0 Å². The molecule has 4 rings (SSSR count). The van der Waals surface area contributed by atoms with Crippen LogP contribution in [-0.2, 0) is 9.59 Å². The van der Waals surface area contributed by atoms with E-state index in [0.29, 0.717) is 17.9 Å². The second kappa shape index (κ2) is 4.56. The van der Waals surface area contributed by atoms with E-state index in [9.17, 15) is 14.7 Å². The normalized spacial score (nSPS) is 40.8. The largest absolute Gasteiger partial charge is 0.550 e. The number of amides is 1. The number of carboxylic acid groups (broad SMARTS) is 1. The number of hydrogen-bond acceptors (Lipinski definition) is 3. The molecule has 0 heterocycles. The molecule has 0 aromatic heterocycles. The Labute approximate surface area is 107 Å². The third kappa shape index (κ3) is 2.25. The summed E-state index contributed by atoms with van der Waals surface area (Å²) in [4.78, 5) is 22.1. The van der Waals surface area contributed by atoms with E-state index in [2.05, 4.69) is 5.32 Å². The Morgan fingerprint density at radius 3 is 2.00 bits per heavy atom. The summed E-state index contributed by atoms with van der Waals surface area (Å²) in [6.45, 7) is 0. The lowest BCUT2D eigenvalue weighted by Gasteiger charge is -2.54. The van der Waals surface area contributed by atoms with Gasteiger partial charge in [0.05, 0.1) is 0 Å². The number of nitrogens with one attached hydrogen (secondary N) is 1. The molecule has 0 aromatic rings. The van der Waals surface area contributed by atoms with Gasteiger partial charge in [-0.25, -0.2) is 0 Å². The first-order valence-corrected chi connectivity index (χ1v) is 7.11. The van der Waals surface area contributed by atoms with Crippen molar-refractivity contribution in [3.05, 3.63) is 0 Å². The Bertz CT molecular complexity index is 338. The summed E-state index contributed by atoms with van der Waals surface area (Å²) in [6.07, 6.45) is 6.34. The molecule has 4 bridgehead atoms. The lowest BCUT2D eigenvalue weighted by Crippen LogP contribution is -2.55. The zero-order chi connectivity index (χ0) is 12.7. The van der Waals surface area contributed by atoms with Crippen molar-refractivity contribution in [3.63, 3.8) is 0 Å². The highest BCUT2D eigenvalue weighted by atomic mass is 16.4. The smallest absolute Gasteiger partial charge is 0.220 e. The van der Waals surface area contributed by atoms with Gasteiger partial charge in [0, 0.05) is 18.4 Å². The molecule has 1 amide bonds. The topological polar surface area (TPSA) is 69.2 Å². The fourth-order valence-corrected chi connectivity index (χ4v) is 4.63. The van der Waals surface area contributed by atoms with Gasteiger partial charge in [-0.15, -0.1) is 0 Å². The summed E-state index contributed by atoms with van der Waals surface area (Å²) in [5.41, 5.74) is 0. The van der Waals surface area contributed by atoms with E-state index in [1.54, 1.807) is 0 Å². The SMILES string of the molecule is O=C([O-])CCC(=O)NC1C2CC3CC(C2)CC1C3. The Morgan fingerprint density at radius 2 is 1.50 bits per heavy atom. The Balaban J connectivity index is 1.57. The van der Waals surface area contributed by atoms with Gasteiger partial charge in [-0.2, -0.15) is 0 Å². The highest BCUT2D eigenvalue weighted by Gasteiger charge is 2.48. The van der Waals surface area contributed by atoms with Crippen molar-refractivity contribution in [2.75, 3.05) is 0 Å². The third-order valence-corrected chi connectivity index (χ3v) is 5.11. The number of carbonyl (C=O) groups is 2. The van der Waals surface area contributed by atoms with Gasteiger partial charge in [0.1, 0.15) is 0 Å². The van der Waals surface area contributed by atoms with Gasteiger partial charge >= 0.3 is 0 Å². The molecule has 0 unspecified atom stereocenters. The molecular weight excluding hydrogens is 230 g/mol. The van der Waals surface area contributed by atoms with Crippen LogP contribution in [0.4, 0.5) is 0 Å². The van der Waals surface area contributed by atoms with Crippen LogP contribution in [0.15, 0.2) is 0 Å². The van der Waals surface area contributed by atoms with Crippen LogP contribution in [0.2, 0.25) is 0 Å². The number of aliphatic carboxylic acids is 1. The molecule has 100 valence electrons. The van der Waals surface area contributed by atoms with Crippen molar-refractivity contribution in [2.24, 2.45) is 23.7 Å². The standard InChI is InChI=1S/C14H21NO3/c16-12(1-2-13(17)18)15-14-10-4-8-3-9(6-10)7-11(14)5-8/h8-11,14H,1-7H2,(H,15,16)(H,17,18)/p-1. The van der Waals surface area contributed by atoms with Crippen LogP contribution in [-0.4, -0.2) is 17.9 Å². The van der Waals surface area contributed by atoms with E-state index in [-0.39, 0.29) is 18.7 Å². The van der Waals surface area contributed by atoms with Crippen LogP contribution in [0.3, 0.4) is 0 Å². The maximum Gasteiger partial charge on any atom is 0.220 e. The maximum atomic E-state index is 11.7. The first-order valence-electron chi connectivity index (χ1n) is 7.11.